The van der Waals surface area contributed by atoms with Gasteiger partial charge in [-0.25, -0.2) is 0 Å². The summed E-state index contributed by atoms with van der Waals surface area (Å²) in [7, 11) is 1.91. The van der Waals surface area contributed by atoms with Crippen molar-refractivity contribution < 1.29 is 5.11 Å². The van der Waals surface area contributed by atoms with E-state index in [4.69, 9.17) is 5.11 Å². The van der Waals surface area contributed by atoms with Crippen molar-refractivity contribution in [2.75, 3.05) is 7.05 Å². The maximum Gasteiger partial charge on any atom is 0.111 e. The van der Waals surface area contributed by atoms with Crippen molar-refractivity contribution in [3.63, 3.8) is 0 Å². The highest BCUT2D eigenvalue weighted by Gasteiger charge is 2.03. The topological polar surface area (TPSA) is 32.3 Å². The van der Waals surface area contributed by atoms with Gasteiger partial charge in [0.05, 0.1) is 0 Å². The Labute approximate surface area is 54.9 Å². The maximum absolute atomic E-state index is 8.87. The summed E-state index contributed by atoms with van der Waals surface area (Å²) in [5, 5.41) is 12.0. The van der Waals surface area contributed by atoms with Crippen molar-refractivity contribution in [2.24, 2.45) is 0 Å². The van der Waals surface area contributed by atoms with Crippen molar-refractivity contribution >= 4 is 0 Å². The molecule has 9 heavy (non-hydrogen) atoms. The molecule has 2 heteroatoms. The van der Waals surface area contributed by atoms with Crippen LogP contribution in [0.3, 0.4) is 0 Å². The molecule has 0 heterocycles. The third-order valence-electron chi connectivity index (χ3n) is 1.45. The van der Waals surface area contributed by atoms with Gasteiger partial charge in [-0.05, 0) is 25.6 Å². The highest BCUT2D eigenvalue weighted by atomic mass is 16.3. The fourth-order valence-corrected chi connectivity index (χ4v) is 0.823. The molecule has 0 saturated heterocycles. The maximum atomic E-state index is 8.87. The van der Waals surface area contributed by atoms with Gasteiger partial charge in [-0.3, -0.25) is 0 Å². The van der Waals surface area contributed by atoms with Gasteiger partial charge in [0.2, 0.25) is 0 Å². The summed E-state index contributed by atoms with van der Waals surface area (Å²) in [6.45, 7) is 0. The minimum atomic E-state index is 0.376. The fourth-order valence-electron chi connectivity index (χ4n) is 0.823. The summed E-state index contributed by atoms with van der Waals surface area (Å²) in [5.41, 5.74) is 0. The molecular formula is C7H11NO. The monoisotopic (exact) mass is 125 g/mol. The van der Waals surface area contributed by atoms with Crippen LogP contribution in [-0.2, 0) is 0 Å². The van der Waals surface area contributed by atoms with E-state index in [1.807, 2.05) is 13.1 Å². The van der Waals surface area contributed by atoms with E-state index < -0.39 is 0 Å². The Bertz CT molecular complexity index is 149. The molecule has 0 radical (unpaired) electrons. The van der Waals surface area contributed by atoms with E-state index in [9.17, 15) is 0 Å². The Morgan fingerprint density at radius 2 is 2.56 bits per heavy atom. The zero-order valence-electron chi connectivity index (χ0n) is 5.46. The lowest BCUT2D eigenvalue weighted by molar-refractivity contribution is 0.423. The molecule has 0 saturated carbocycles. The minimum absolute atomic E-state index is 0.376. The fraction of sp³-hybridized carbons (Fsp3) is 0.429. The van der Waals surface area contributed by atoms with Crippen LogP contribution in [0, 0.1) is 0 Å². The van der Waals surface area contributed by atoms with Crippen molar-refractivity contribution in [3.8, 4) is 0 Å². The Kier molecular flexibility index (Phi) is 1.90. The molecule has 0 aliphatic heterocycles. The lowest BCUT2D eigenvalue weighted by Crippen LogP contribution is -2.23. The van der Waals surface area contributed by atoms with E-state index in [0.29, 0.717) is 11.8 Å². The average molecular weight is 125 g/mol. The summed E-state index contributed by atoms with van der Waals surface area (Å²) in [6.07, 6.45) is 6.36. The third kappa shape index (κ3) is 1.57. The first-order chi connectivity index (χ1) is 4.33. The first-order valence-corrected chi connectivity index (χ1v) is 3.07. The lowest BCUT2D eigenvalue weighted by Gasteiger charge is -2.11. The number of rotatable bonds is 1. The van der Waals surface area contributed by atoms with Crippen molar-refractivity contribution in [1.82, 2.24) is 5.32 Å². The van der Waals surface area contributed by atoms with Gasteiger partial charge in [0.15, 0.2) is 0 Å². The van der Waals surface area contributed by atoms with E-state index in [0.717, 1.165) is 6.42 Å². The molecular weight excluding hydrogens is 114 g/mol. The first-order valence-electron chi connectivity index (χ1n) is 3.07. The summed E-state index contributed by atoms with van der Waals surface area (Å²) in [5.74, 6) is 0.376. The highest BCUT2D eigenvalue weighted by molar-refractivity contribution is 5.18. The molecule has 50 valence electrons. The second-order valence-corrected chi connectivity index (χ2v) is 2.12. The summed E-state index contributed by atoms with van der Waals surface area (Å²) in [4.78, 5) is 0. The Morgan fingerprint density at radius 1 is 1.78 bits per heavy atom. The molecule has 1 atom stereocenters. The zero-order valence-corrected chi connectivity index (χ0v) is 5.46. The molecule has 1 aliphatic rings. The predicted octanol–water partition coefficient (Wildman–Crippen LogP) is 0.976. The van der Waals surface area contributed by atoms with Gasteiger partial charge in [0, 0.05) is 6.04 Å². The second kappa shape index (κ2) is 2.69. The molecule has 0 aromatic heterocycles. The van der Waals surface area contributed by atoms with Crippen LogP contribution in [0.5, 0.6) is 0 Å². The van der Waals surface area contributed by atoms with E-state index in [1.54, 1.807) is 12.2 Å². The molecule has 2 N–H and O–H groups in total. The summed E-state index contributed by atoms with van der Waals surface area (Å²) < 4.78 is 0. The quantitative estimate of drug-likeness (QED) is 0.547. The molecule has 0 spiro atoms. The smallest absolute Gasteiger partial charge is 0.111 e. The standard InChI is InChI=1S/C7H11NO/c1-8-6-2-4-7(9)5-3-6/h2,4-6,8-9H,3H2,1H3/t6-/m0/s1. The average Bonchev–Trinajstić information content (AvgIpc) is 1.90. The largest absolute Gasteiger partial charge is 0.508 e. The van der Waals surface area contributed by atoms with E-state index in [2.05, 4.69) is 5.32 Å². The van der Waals surface area contributed by atoms with Crippen LogP contribution in [0.4, 0.5) is 0 Å². The molecule has 0 aromatic rings. The van der Waals surface area contributed by atoms with Crippen LogP contribution in [0.25, 0.3) is 0 Å². The lowest BCUT2D eigenvalue weighted by atomic mass is 10.1. The van der Waals surface area contributed by atoms with Gasteiger partial charge < -0.3 is 10.4 Å². The molecule has 0 unspecified atom stereocenters. The molecule has 0 fully saturated rings. The van der Waals surface area contributed by atoms with Crippen molar-refractivity contribution in [3.05, 3.63) is 24.0 Å². The van der Waals surface area contributed by atoms with Crippen LogP contribution in [0.2, 0.25) is 0 Å². The minimum Gasteiger partial charge on any atom is -0.508 e. The Hall–Kier alpha value is -0.760. The number of hydrogen-bond acceptors (Lipinski definition) is 2. The van der Waals surface area contributed by atoms with E-state index >= 15 is 0 Å². The van der Waals surface area contributed by atoms with Gasteiger partial charge in [0.25, 0.3) is 0 Å². The number of likely N-dealkylation sites (N-methyl/N-ethyl adjacent to an activating group) is 1. The summed E-state index contributed by atoms with van der Waals surface area (Å²) in [6, 6.07) is 0.404. The highest BCUT2D eigenvalue weighted by Crippen LogP contribution is 2.06. The van der Waals surface area contributed by atoms with Gasteiger partial charge in [0.1, 0.15) is 5.76 Å². The Balaban J connectivity index is 2.48. The van der Waals surface area contributed by atoms with Crippen LogP contribution in [-0.4, -0.2) is 18.2 Å². The van der Waals surface area contributed by atoms with Gasteiger partial charge in [-0.15, -0.1) is 0 Å². The van der Waals surface area contributed by atoms with E-state index in [1.165, 1.54) is 0 Å². The van der Waals surface area contributed by atoms with E-state index in [-0.39, 0.29) is 0 Å². The van der Waals surface area contributed by atoms with Crippen LogP contribution in [0.1, 0.15) is 6.42 Å². The third-order valence-corrected chi connectivity index (χ3v) is 1.45. The van der Waals surface area contributed by atoms with Crippen LogP contribution >= 0.6 is 0 Å². The predicted molar refractivity (Wildman–Crippen MR) is 37.3 cm³/mol. The number of nitrogens with one attached hydrogen (secondary N) is 1. The molecule has 1 aliphatic carbocycles. The summed E-state index contributed by atoms with van der Waals surface area (Å²) >= 11 is 0. The number of aliphatic hydroxyl groups excluding tert-OH is 1. The Morgan fingerprint density at radius 3 is 3.00 bits per heavy atom. The molecule has 1 rings (SSSR count). The van der Waals surface area contributed by atoms with Gasteiger partial charge >= 0.3 is 0 Å². The molecule has 0 aromatic carbocycles. The zero-order chi connectivity index (χ0) is 6.69. The number of hydrogen-bond donors (Lipinski definition) is 2. The van der Waals surface area contributed by atoms with Crippen molar-refractivity contribution in [2.45, 2.75) is 12.5 Å². The van der Waals surface area contributed by atoms with Crippen molar-refractivity contribution in [1.29, 1.82) is 0 Å². The molecule has 0 bridgehead atoms. The molecule has 2 nitrogen and oxygen atoms in total. The number of aliphatic hydroxyl groups is 1. The molecule has 0 amide bonds. The first kappa shape index (κ1) is 6.36. The SMILES string of the molecule is CN[C@H]1C=CC(O)=CC1. The van der Waals surface area contributed by atoms with Crippen LogP contribution in [0.15, 0.2) is 24.0 Å². The van der Waals surface area contributed by atoms with Crippen LogP contribution < -0.4 is 5.32 Å². The number of allylic oxidation sites excluding steroid dienone is 1. The van der Waals surface area contributed by atoms with Gasteiger partial charge in [-0.1, -0.05) is 6.08 Å². The van der Waals surface area contributed by atoms with Gasteiger partial charge in [-0.2, -0.15) is 0 Å². The normalized spacial score (nSPS) is 25.9. The second-order valence-electron chi connectivity index (χ2n) is 2.12.